The monoisotopic (exact) mass is 651 g/mol. The Balaban J connectivity index is 1.41. The van der Waals surface area contributed by atoms with Crippen LogP contribution in [0.1, 0.15) is 45.8 Å². The van der Waals surface area contributed by atoms with Crippen molar-refractivity contribution in [1.82, 2.24) is 20.2 Å². The molecule has 2 aromatic carbocycles. The van der Waals surface area contributed by atoms with E-state index in [-0.39, 0.29) is 41.2 Å². The molecule has 5 rings (SSSR count). The van der Waals surface area contributed by atoms with Crippen molar-refractivity contribution < 1.29 is 40.2 Å². The van der Waals surface area contributed by atoms with Crippen molar-refractivity contribution in [3.05, 3.63) is 70.7 Å². The van der Waals surface area contributed by atoms with Crippen molar-refractivity contribution >= 4 is 27.4 Å². The highest BCUT2D eigenvalue weighted by Gasteiger charge is 2.41. The van der Waals surface area contributed by atoms with Crippen molar-refractivity contribution in [2.24, 2.45) is 0 Å². The fraction of sp³-hybridized carbons (Fsp3) is 0.433. The highest BCUT2D eigenvalue weighted by atomic mass is 32.2. The first kappa shape index (κ1) is 32.4. The summed E-state index contributed by atoms with van der Waals surface area (Å²) in [5.41, 5.74) is -0.126. The number of rotatable bonds is 9. The van der Waals surface area contributed by atoms with E-state index in [9.17, 15) is 26.4 Å². The maximum Gasteiger partial charge on any atom is 0.423 e. The number of methoxy groups -OCH3 is 1. The van der Waals surface area contributed by atoms with E-state index in [1.807, 2.05) is 7.05 Å². The summed E-state index contributed by atoms with van der Waals surface area (Å²) in [7, 11) is -0.252. The van der Waals surface area contributed by atoms with Crippen molar-refractivity contribution in [1.29, 1.82) is 0 Å². The molecule has 1 aromatic heterocycles. The molecule has 45 heavy (non-hydrogen) atoms. The number of hydrogen-bond acceptors (Lipinski definition) is 9. The number of halogens is 4. The summed E-state index contributed by atoms with van der Waals surface area (Å²) in [6.07, 6.45) is -2.66. The molecule has 1 amide bonds. The lowest BCUT2D eigenvalue weighted by molar-refractivity contribution is -0.140. The van der Waals surface area contributed by atoms with Crippen molar-refractivity contribution in [3.8, 4) is 11.6 Å². The SMILES string of the molecule is COc1cc(C(=O)NC2CCN(C)CC2)c(F)cc1Nc1ncc(C(F)(F)F)c(O[C@@H]2Cc3ccccc3[C@H]2CS(C)(=O)=O)n1. The van der Waals surface area contributed by atoms with E-state index >= 15 is 4.39 Å². The number of carbonyl (C=O) groups is 1. The van der Waals surface area contributed by atoms with Crippen molar-refractivity contribution in [2.75, 3.05) is 44.6 Å². The smallest absolute Gasteiger partial charge is 0.423 e. The van der Waals surface area contributed by atoms with Gasteiger partial charge in [-0.15, -0.1) is 0 Å². The minimum absolute atomic E-state index is 0.0235. The highest BCUT2D eigenvalue weighted by molar-refractivity contribution is 7.90. The molecule has 1 aliphatic heterocycles. The number of piperidine rings is 1. The molecule has 0 unspecified atom stereocenters. The third-order valence-electron chi connectivity index (χ3n) is 7.96. The van der Waals surface area contributed by atoms with Gasteiger partial charge in [-0.25, -0.2) is 17.8 Å². The van der Waals surface area contributed by atoms with E-state index < -0.39 is 51.2 Å². The number of aromatic nitrogens is 2. The van der Waals surface area contributed by atoms with Gasteiger partial charge < -0.3 is 25.0 Å². The summed E-state index contributed by atoms with van der Waals surface area (Å²) in [6.45, 7) is 1.59. The molecule has 1 aliphatic carbocycles. The summed E-state index contributed by atoms with van der Waals surface area (Å²) >= 11 is 0. The fourth-order valence-electron chi connectivity index (χ4n) is 5.67. The second-order valence-corrected chi connectivity index (χ2v) is 13.6. The number of likely N-dealkylation sites (tertiary alicyclic amines) is 1. The zero-order chi connectivity index (χ0) is 32.5. The normalized spacial score (nSPS) is 19.2. The number of nitrogens with one attached hydrogen (secondary N) is 2. The van der Waals surface area contributed by atoms with Crippen LogP contribution in [-0.4, -0.2) is 80.6 Å². The fourth-order valence-corrected chi connectivity index (χ4v) is 6.72. The number of anilines is 2. The van der Waals surface area contributed by atoms with Gasteiger partial charge in [-0.05, 0) is 50.2 Å². The molecule has 1 fully saturated rings. The first-order chi connectivity index (χ1) is 21.2. The molecular weight excluding hydrogens is 618 g/mol. The largest absolute Gasteiger partial charge is 0.495 e. The maximum absolute atomic E-state index is 15.2. The minimum Gasteiger partial charge on any atom is -0.495 e. The Morgan fingerprint density at radius 2 is 1.87 bits per heavy atom. The molecule has 0 bridgehead atoms. The first-order valence-electron chi connectivity index (χ1n) is 14.2. The summed E-state index contributed by atoms with van der Waals surface area (Å²) < 4.78 is 92.8. The Morgan fingerprint density at radius 3 is 2.53 bits per heavy atom. The van der Waals surface area contributed by atoms with E-state index in [4.69, 9.17) is 9.47 Å². The number of amides is 1. The number of fused-ring (bicyclic) bond motifs is 1. The second-order valence-electron chi connectivity index (χ2n) is 11.4. The van der Waals surface area contributed by atoms with Crippen LogP contribution in [0.15, 0.2) is 42.6 Å². The van der Waals surface area contributed by atoms with Crippen LogP contribution in [0.2, 0.25) is 0 Å². The van der Waals surface area contributed by atoms with Crippen LogP contribution in [-0.2, 0) is 22.4 Å². The van der Waals surface area contributed by atoms with Crippen LogP contribution >= 0.6 is 0 Å². The number of nitrogens with zero attached hydrogens (tertiary/aromatic N) is 3. The molecule has 2 heterocycles. The van der Waals surface area contributed by atoms with Gasteiger partial charge in [0.1, 0.15) is 33.1 Å². The van der Waals surface area contributed by atoms with E-state index in [1.165, 1.54) is 13.2 Å². The van der Waals surface area contributed by atoms with Crippen molar-refractivity contribution in [2.45, 2.75) is 43.5 Å². The summed E-state index contributed by atoms with van der Waals surface area (Å²) in [6, 6.07) is 9.02. The Hall–Kier alpha value is -3.98. The van der Waals surface area contributed by atoms with Gasteiger partial charge in [0.25, 0.3) is 5.91 Å². The Kier molecular flexibility index (Phi) is 9.21. The third-order valence-corrected chi connectivity index (χ3v) is 8.93. The second kappa shape index (κ2) is 12.8. The van der Waals surface area contributed by atoms with E-state index in [0.717, 1.165) is 43.8 Å². The number of ether oxygens (including phenoxy) is 2. The lowest BCUT2D eigenvalue weighted by atomic mass is 10.0. The minimum atomic E-state index is -4.89. The Morgan fingerprint density at radius 1 is 1.16 bits per heavy atom. The average molecular weight is 652 g/mol. The maximum atomic E-state index is 15.2. The van der Waals surface area contributed by atoms with E-state index in [0.29, 0.717) is 11.8 Å². The van der Waals surface area contributed by atoms with Crippen LogP contribution in [0.25, 0.3) is 0 Å². The van der Waals surface area contributed by atoms with Gasteiger partial charge in [-0.1, -0.05) is 24.3 Å². The van der Waals surface area contributed by atoms with Gasteiger partial charge in [-0.2, -0.15) is 18.2 Å². The molecule has 2 atom stereocenters. The Labute approximate surface area is 258 Å². The Bertz CT molecular complexity index is 1680. The lowest BCUT2D eigenvalue weighted by Crippen LogP contribution is -2.43. The number of hydrogen-bond donors (Lipinski definition) is 2. The number of sulfone groups is 1. The third kappa shape index (κ3) is 7.64. The number of benzene rings is 2. The number of alkyl halides is 3. The van der Waals surface area contributed by atoms with Gasteiger partial charge in [0, 0.05) is 36.9 Å². The van der Waals surface area contributed by atoms with Crippen LogP contribution in [0.4, 0.5) is 29.2 Å². The molecule has 10 nitrogen and oxygen atoms in total. The molecule has 0 saturated carbocycles. The van der Waals surface area contributed by atoms with Gasteiger partial charge >= 0.3 is 6.18 Å². The summed E-state index contributed by atoms with van der Waals surface area (Å²) in [4.78, 5) is 22.7. The van der Waals surface area contributed by atoms with Crippen LogP contribution in [0.3, 0.4) is 0 Å². The predicted molar refractivity (Wildman–Crippen MR) is 158 cm³/mol. The molecule has 1 saturated heterocycles. The zero-order valence-electron chi connectivity index (χ0n) is 24.8. The first-order valence-corrected chi connectivity index (χ1v) is 16.3. The number of carbonyl (C=O) groups excluding carboxylic acids is 1. The molecule has 242 valence electrons. The molecule has 15 heteroatoms. The van der Waals surface area contributed by atoms with Crippen LogP contribution < -0.4 is 20.1 Å². The standard InChI is InChI=1S/C30H33F4N5O5S/c1-39-10-8-18(9-11-39)36-27(40)20-13-26(43-2)24(14-23(20)31)37-29-35-15-22(30(32,33)34)28(38-29)44-25-12-17-6-4-5-7-19(17)21(25)16-45(3,41)42/h4-7,13-15,18,21,25H,8-12,16H2,1-3H3,(H,36,40)(H,35,37,38)/t21-,25-/m1/s1. The average Bonchev–Trinajstić information content (AvgIpc) is 3.29. The molecule has 0 spiro atoms. The van der Waals surface area contributed by atoms with Gasteiger partial charge in [0.2, 0.25) is 11.8 Å². The lowest BCUT2D eigenvalue weighted by Gasteiger charge is -2.29. The quantitative estimate of drug-likeness (QED) is 0.326. The molecule has 2 N–H and O–H groups in total. The molecular formula is C30H33F4N5O5S. The van der Waals surface area contributed by atoms with Crippen LogP contribution in [0, 0.1) is 5.82 Å². The van der Waals surface area contributed by atoms with Gasteiger partial charge in [-0.3, -0.25) is 4.79 Å². The van der Waals surface area contributed by atoms with E-state index in [2.05, 4.69) is 25.5 Å². The highest BCUT2D eigenvalue weighted by Crippen LogP contribution is 2.41. The molecule has 3 aromatic rings. The van der Waals surface area contributed by atoms with Crippen molar-refractivity contribution in [3.63, 3.8) is 0 Å². The molecule has 2 aliphatic rings. The van der Waals surface area contributed by atoms with Gasteiger partial charge in [0.15, 0.2) is 0 Å². The zero-order valence-corrected chi connectivity index (χ0v) is 25.6. The summed E-state index contributed by atoms with van der Waals surface area (Å²) in [5, 5.41) is 5.50. The van der Waals surface area contributed by atoms with E-state index in [1.54, 1.807) is 24.3 Å². The predicted octanol–water partition coefficient (Wildman–Crippen LogP) is 4.34. The van der Waals surface area contributed by atoms with Gasteiger partial charge in [0.05, 0.1) is 24.1 Å². The summed E-state index contributed by atoms with van der Waals surface area (Å²) in [5.74, 6) is -3.73. The van der Waals surface area contributed by atoms with Crippen LogP contribution in [0.5, 0.6) is 11.6 Å². The molecule has 0 radical (unpaired) electrons. The topological polar surface area (TPSA) is 123 Å².